The van der Waals surface area contributed by atoms with Gasteiger partial charge in [-0.15, -0.1) is 0 Å². The summed E-state index contributed by atoms with van der Waals surface area (Å²) < 4.78 is 5.32. The number of carbonyl (C=O) groups is 2. The number of amides is 2. The number of rotatable bonds is 8. The largest absolute Gasteiger partial charge is 0.478 e. The van der Waals surface area contributed by atoms with Crippen LogP contribution in [0.5, 0.6) is 5.88 Å². The summed E-state index contributed by atoms with van der Waals surface area (Å²) in [6, 6.07) is 3.62. The van der Waals surface area contributed by atoms with Gasteiger partial charge in [-0.3, -0.25) is 9.59 Å². The van der Waals surface area contributed by atoms with Gasteiger partial charge in [0, 0.05) is 25.2 Å². The first-order valence-electron chi connectivity index (χ1n) is 8.78. The van der Waals surface area contributed by atoms with Gasteiger partial charge in [0.1, 0.15) is 0 Å². The molecule has 2 N–H and O–H groups in total. The first-order valence-corrected chi connectivity index (χ1v) is 8.78. The maximum Gasteiger partial charge on any atom is 0.239 e. The fourth-order valence-electron chi connectivity index (χ4n) is 2.95. The molecule has 2 amide bonds. The molecular formula is C18H27N3O3. The van der Waals surface area contributed by atoms with E-state index in [0.717, 1.165) is 18.4 Å². The van der Waals surface area contributed by atoms with Crippen LogP contribution in [-0.4, -0.2) is 29.9 Å². The van der Waals surface area contributed by atoms with Crippen molar-refractivity contribution in [2.45, 2.75) is 52.0 Å². The van der Waals surface area contributed by atoms with Crippen molar-refractivity contribution in [1.29, 1.82) is 0 Å². The molecule has 1 fully saturated rings. The molecule has 1 aliphatic rings. The van der Waals surface area contributed by atoms with Crippen molar-refractivity contribution in [3.63, 3.8) is 0 Å². The fourth-order valence-corrected chi connectivity index (χ4v) is 2.95. The van der Waals surface area contributed by atoms with Gasteiger partial charge in [-0.05, 0) is 37.3 Å². The van der Waals surface area contributed by atoms with Crippen LogP contribution >= 0.6 is 0 Å². The van der Waals surface area contributed by atoms with Gasteiger partial charge in [0.05, 0.1) is 13.2 Å². The minimum atomic E-state index is -0.193. The molecule has 24 heavy (non-hydrogen) atoms. The molecule has 0 saturated heterocycles. The van der Waals surface area contributed by atoms with Gasteiger partial charge in [0.25, 0.3) is 0 Å². The molecular weight excluding hydrogens is 306 g/mol. The number of aromatic nitrogens is 1. The standard InChI is InChI=1S/C18H27N3O3/c1-2-24-18-11-15(8-9-19-18)12-20-17(23)13-21-16(22)10-14-6-4-3-5-7-14/h8-9,11,14H,2-7,10,12-13H2,1H3,(H,20,23)(H,21,22). The number of hydrogen-bond acceptors (Lipinski definition) is 4. The molecule has 0 unspecified atom stereocenters. The van der Waals surface area contributed by atoms with E-state index in [-0.39, 0.29) is 18.4 Å². The van der Waals surface area contributed by atoms with E-state index in [4.69, 9.17) is 4.74 Å². The molecule has 2 rings (SSSR count). The van der Waals surface area contributed by atoms with Gasteiger partial charge in [0.15, 0.2) is 0 Å². The first kappa shape index (κ1) is 18.2. The predicted molar refractivity (Wildman–Crippen MR) is 91.5 cm³/mol. The van der Waals surface area contributed by atoms with E-state index in [1.165, 1.54) is 19.3 Å². The minimum Gasteiger partial charge on any atom is -0.478 e. The Morgan fingerprint density at radius 3 is 2.75 bits per heavy atom. The molecule has 132 valence electrons. The summed E-state index contributed by atoms with van der Waals surface area (Å²) in [7, 11) is 0. The summed E-state index contributed by atoms with van der Waals surface area (Å²) in [6.45, 7) is 2.86. The lowest BCUT2D eigenvalue weighted by Gasteiger charge is -2.20. The molecule has 6 nitrogen and oxygen atoms in total. The molecule has 1 saturated carbocycles. The van der Waals surface area contributed by atoms with Crippen molar-refractivity contribution in [2.75, 3.05) is 13.2 Å². The number of nitrogens with one attached hydrogen (secondary N) is 2. The van der Waals surface area contributed by atoms with Crippen LogP contribution in [0.1, 0.15) is 51.0 Å². The first-order chi connectivity index (χ1) is 11.7. The molecule has 0 radical (unpaired) electrons. The number of nitrogens with zero attached hydrogens (tertiary/aromatic N) is 1. The second-order valence-electron chi connectivity index (χ2n) is 6.20. The Hall–Kier alpha value is -2.11. The third-order valence-corrected chi connectivity index (χ3v) is 4.23. The highest BCUT2D eigenvalue weighted by molar-refractivity contribution is 5.84. The van der Waals surface area contributed by atoms with Crippen molar-refractivity contribution in [3.05, 3.63) is 23.9 Å². The second kappa shape index (κ2) is 9.90. The SMILES string of the molecule is CCOc1cc(CNC(=O)CNC(=O)CC2CCCCC2)ccn1. The molecule has 0 bridgehead atoms. The Balaban J connectivity index is 1.65. The molecule has 6 heteroatoms. The quantitative estimate of drug-likeness (QED) is 0.764. The van der Waals surface area contributed by atoms with Crippen LogP contribution in [0.3, 0.4) is 0 Å². The predicted octanol–water partition coefficient (Wildman–Crippen LogP) is 2.18. The summed E-state index contributed by atoms with van der Waals surface area (Å²) in [6.07, 6.45) is 8.16. The third kappa shape index (κ3) is 6.56. The molecule has 1 aromatic rings. The van der Waals surface area contributed by atoms with Gasteiger partial charge >= 0.3 is 0 Å². The summed E-state index contributed by atoms with van der Waals surface area (Å²) in [5.41, 5.74) is 0.912. The zero-order chi connectivity index (χ0) is 17.2. The van der Waals surface area contributed by atoms with Gasteiger partial charge < -0.3 is 15.4 Å². The average molecular weight is 333 g/mol. The number of ether oxygens (including phenoxy) is 1. The van der Waals surface area contributed by atoms with Crippen LogP contribution in [0.15, 0.2) is 18.3 Å². The van der Waals surface area contributed by atoms with Gasteiger partial charge in [-0.25, -0.2) is 4.98 Å². The highest BCUT2D eigenvalue weighted by Crippen LogP contribution is 2.25. The number of pyridine rings is 1. The summed E-state index contributed by atoms with van der Waals surface area (Å²) >= 11 is 0. The number of hydrogen-bond donors (Lipinski definition) is 2. The Labute approximate surface area is 143 Å². The maximum absolute atomic E-state index is 11.9. The Bertz CT molecular complexity index is 542. The zero-order valence-corrected chi connectivity index (χ0v) is 14.3. The van der Waals surface area contributed by atoms with Crippen LogP contribution < -0.4 is 15.4 Å². The molecule has 1 heterocycles. The molecule has 0 spiro atoms. The topological polar surface area (TPSA) is 80.3 Å². The highest BCUT2D eigenvalue weighted by Gasteiger charge is 2.17. The van der Waals surface area contributed by atoms with Gasteiger partial charge in [0.2, 0.25) is 17.7 Å². The zero-order valence-electron chi connectivity index (χ0n) is 14.3. The van der Waals surface area contributed by atoms with Crippen molar-refractivity contribution in [1.82, 2.24) is 15.6 Å². The average Bonchev–Trinajstić information content (AvgIpc) is 2.60. The van der Waals surface area contributed by atoms with Gasteiger partial charge in [-0.2, -0.15) is 0 Å². The van der Waals surface area contributed by atoms with Crippen LogP contribution in [-0.2, 0) is 16.1 Å². The van der Waals surface area contributed by atoms with E-state index in [9.17, 15) is 9.59 Å². The monoisotopic (exact) mass is 333 g/mol. The summed E-state index contributed by atoms with van der Waals surface area (Å²) in [5.74, 6) is 0.807. The smallest absolute Gasteiger partial charge is 0.239 e. The number of carbonyl (C=O) groups excluding carboxylic acids is 2. The normalized spacial score (nSPS) is 14.9. The van der Waals surface area contributed by atoms with Crippen LogP contribution in [0.2, 0.25) is 0 Å². The van der Waals surface area contributed by atoms with Crippen molar-refractivity contribution >= 4 is 11.8 Å². The molecule has 1 aliphatic carbocycles. The van der Waals surface area contributed by atoms with E-state index < -0.39 is 0 Å². The van der Waals surface area contributed by atoms with Crippen molar-refractivity contribution in [3.8, 4) is 5.88 Å². The molecule has 0 atom stereocenters. The Kier molecular flexibility index (Phi) is 7.52. The Morgan fingerprint density at radius 2 is 2.00 bits per heavy atom. The fraction of sp³-hybridized carbons (Fsp3) is 0.611. The maximum atomic E-state index is 11.9. The minimum absolute atomic E-state index is 0.0228. The van der Waals surface area contributed by atoms with Gasteiger partial charge in [-0.1, -0.05) is 19.3 Å². The lowest BCUT2D eigenvalue weighted by atomic mass is 9.87. The van der Waals surface area contributed by atoms with Crippen LogP contribution in [0.25, 0.3) is 0 Å². The lowest BCUT2D eigenvalue weighted by molar-refractivity contribution is -0.126. The molecule has 0 aliphatic heterocycles. The second-order valence-corrected chi connectivity index (χ2v) is 6.20. The van der Waals surface area contributed by atoms with E-state index in [1.54, 1.807) is 12.3 Å². The van der Waals surface area contributed by atoms with Crippen LogP contribution in [0.4, 0.5) is 0 Å². The lowest BCUT2D eigenvalue weighted by Crippen LogP contribution is -2.37. The van der Waals surface area contributed by atoms with Crippen molar-refractivity contribution < 1.29 is 14.3 Å². The highest BCUT2D eigenvalue weighted by atomic mass is 16.5. The third-order valence-electron chi connectivity index (χ3n) is 4.23. The summed E-state index contributed by atoms with van der Waals surface area (Å²) in [5, 5.41) is 5.50. The Morgan fingerprint density at radius 1 is 1.21 bits per heavy atom. The molecule has 0 aromatic carbocycles. The van der Waals surface area contributed by atoms with E-state index in [1.807, 2.05) is 13.0 Å². The van der Waals surface area contributed by atoms with Crippen molar-refractivity contribution in [2.24, 2.45) is 5.92 Å². The van der Waals surface area contributed by atoms with Crippen LogP contribution in [0, 0.1) is 5.92 Å². The van der Waals surface area contributed by atoms with E-state index in [0.29, 0.717) is 31.4 Å². The summed E-state index contributed by atoms with van der Waals surface area (Å²) in [4.78, 5) is 27.8. The molecule has 1 aromatic heterocycles. The van der Waals surface area contributed by atoms with E-state index >= 15 is 0 Å². The van der Waals surface area contributed by atoms with E-state index in [2.05, 4.69) is 15.6 Å².